The first-order chi connectivity index (χ1) is 7.00. The smallest absolute Gasteiger partial charge is 0.0792 e. The summed E-state index contributed by atoms with van der Waals surface area (Å²) >= 11 is 0. The number of hydrogen-bond acceptors (Lipinski definition) is 1. The van der Waals surface area contributed by atoms with Crippen molar-refractivity contribution in [3.8, 4) is 0 Å². The molecule has 0 saturated heterocycles. The van der Waals surface area contributed by atoms with E-state index in [9.17, 15) is 5.11 Å². The van der Waals surface area contributed by atoms with E-state index in [2.05, 4.69) is 45.9 Å². The van der Waals surface area contributed by atoms with Crippen molar-refractivity contribution in [2.24, 2.45) is 5.92 Å². The lowest BCUT2D eigenvalue weighted by molar-refractivity contribution is 0.158. The second kappa shape index (κ2) is 5.32. The molecule has 1 N–H and O–H groups in total. The van der Waals surface area contributed by atoms with Crippen molar-refractivity contribution in [2.75, 3.05) is 0 Å². The van der Waals surface area contributed by atoms with Crippen LogP contribution in [0.4, 0.5) is 0 Å². The van der Waals surface area contributed by atoms with Crippen LogP contribution in [-0.4, -0.2) is 5.11 Å². The molecule has 0 heterocycles. The van der Waals surface area contributed by atoms with Gasteiger partial charge in [-0.2, -0.15) is 0 Å². The van der Waals surface area contributed by atoms with Gasteiger partial charge in [0.2, 0.25) is 0 Å². The zero-order chi connectivity index (χ0) is 11.4. The Kier molecular flexibility index (Phi) is 4.34. The maximum Gasteiger partial charge on any atom is 0.0792 e. The number of hydrogen-bond donors (Lipinski definition) is 1. The van der Waals surface area contributed by atoms with E-state index in [1.165, 1.54) is 11.1 Å². The van der Waals surface area contributed by atoms with Crippen molar-refractivity contribution in [3.05, 3.63) is 34.9 Å². The number of rotatable bonds is 4. The molecule has 15 heavy (non-hydrogen) atoms. The van der Waals surface area contributed by atoms with E-state index >= 15 is 0 Å². The molecule has 0 fully saturated rings. The molecule has 0 radical (unpaired) electrons. The van der Waals surface area contributed by atoms with Gasteiger partial charge < -0.3 is 5.11 Å². The van der Waals surface area contributed by atoms with E-state index in [4.69, 9.17) is 0 Å². The normalized spacial score (nSPS) is 13.2. The van der Waals surface area contributed by atoms with Gasteiger partial charge in [0.15, 0.2) is 0 Å². The third-order valence-corrected chi connectivity index (χ3v) is 2.80. The molecule has 0 aliphatic heterocycles. The molecular weight excluding hydrogens is 184 g/mol. The number of benzene rings is 1. The Morgan fingerprint density at radius 3 is 2.33 bits per heavy atom. The van der Waals surface area contributed by atoms with Crippen molar-refractivity contribution in [2.45, 2.75) is 46.6 Å². The molecule has 1 rings (SSSR count). The predicted molar refractivity (Wildman–Crippen MR) is 64.9 cm³/mol. The lowest BCUT2D eigenvalue weighted by Gasteiger charge is -2.15. The fourth-order valence-corrected chi connectivity index (χ4v) is 1.85. The van der Waals surface area contributed by atoms with Crippen LogP contribution in [0.25, 0.3) is 0 Å². The van der Waals surface area contributed by atoms with Crippen molar-refractivity contribution < 1.29 is 5.11 Å². The fourth-order valence-electron chi connectivity index (χ4n) is 1.85. The minimum absolute atomic E-state index is 0.298. The Bertz CT molecular complexity index is 315. The average Bonchev–Trinajstić information content (AvgIpc) is 2.14. The molecule has 0 bridgehead atoms. The van der Waals surface area contributed by atoms with E-state index in [1.54, 1.807) is 0 Å². The summed E-state index contributed by atoms with van der Waals surface area (Å²) in [5, 5.41) is 10.0. The van der Waals surface area contributed by atoms with Crippen LogP contribution in [-0.2, 0) is 0 Å². The summed E-state index contributed by atoms with van der Waals surface area (Å²) in [6, 6.07) is 6.25. The molecule has 1 unspecified atom stereocenters. The molecule has 0 spiro atoms. The second-order valence-corrected chi connectivity index (χ2v) is 4.85. The highest BCUT2D eigenvalue weighted by Gasteiger charge is 2.10. The first-order valence-electron chi connectivity index (χ1n) is 5.76. The van der Waals surface area contributed by atoms with E-state index in [0.29, 0.717) is 5.92 Å². The van der Waals surface area contributed by atoms with Gasteiger partial charge in [-0.25, -0.2) is 0 Å². The lowest BCUT2D eigenvalue weighted by atomic mass is 9.96. The van der Waals surface area contributed by atoms with Crippen molar-refractivity contribution in [1.29, 1.82) is 0 Å². The molecule has 1 nitrogen and oxygen atoms in total. The zero-order valence-electron chi connectivity index (χ0n) is 10.2. The molecule has 0 amide bonds. The monoisotopic (exact) mass is 206 g/mol. The summed E-state index contributed by atoms with van der Waals surface area (Å²) in [7, 11) is 0. The molecule has 1 atom stereocenters. The van der Waals surface area contributed by atoms with Gasteiger partial charge in [0, 0.05) is 0 Å². The quantitative estimate of drug-likeness (QED) is 0.795. The SMILES string of the molecule is Cc1ccc(C(O)CCC(C)C)c(C)c1. The zero-order valence-corrected chi connectivity index (χ0v) is 10.2. The molecule has 84 valence electrons. The lowest BCUT2D eigenvalue weighted by Crippen LogP contribution is -2.02. The Labute approximate surface area is 93.1 Å². The predicted octanol–water partition coefficient (Wildman–Crippen LogP) is 3.77. The third kappa shape index (κ3) is 3.67. The maximum atomic E-state index is 10.0. The van der Waals surface area contributed by atoms with Crippen LogP contribution < -0.4 is 0 Å². The van der Waals surface area contributed by atoms with Gasteiger partial charge in [0.25, 0.3) is 0 Å². The number of aliphatic hydroxyl groups excluding tert-OH is 1. The van der Waals surface area contributed by atoms with Gasteiger partial charge in [-0.15, -0.1) is 0 Å². The van der Waals surface area contributed by atoms with Crippen LogP contribution in [0, 0.1) is 19.8 Å². The molecule has 1 aromatic rings. The molecule has 0 aliphatic carbocycles. The molecule has 1 aromatic carbocycles. The summed E-state index contributed by atoms with van der Waals surface area (Å²) in [5.41, 5.74) is 3.54. The summed E-state index contributed by atoms with van der Waals surface area (Å²) in [6.07, 6.45) is 1.64. The number of aryl methyl sites for hydroxylation is 2. The second-order valence-electron chi connectivity index (χ2n) is 4.85. The molecule has 0 aromatic heterocycles. The third-order valence-electron chi connectivity index (χ3n) is 2.80. The largest absolute Gasteiger partial charge is 0.388 e. The summed E-state index contributed by atoms with van der Waals surface area (Å²) in [6.45, 7) is 8.53. The Morgan fingerprint density at radius 1 is 1.13 bits per heavy atom. The first kappa shape index (κ1) is 12.3. The Morgan fingerprint density at radius 2 is 1.80 bits per heavy atom. The standard InChI is InChI=1S/C14H22O/c1-10(2)5-8-14(15)13-7-6-11(3)9-12(13)4/h6-7,9-10,14-15H,5,8H2,1-4H3. The van der Waals surface area contributed by atoms with Gasteiger partial charge in [0.05, 0.1) is 6.10 Å². The molecular formula is C14H22O. The van der Waals surface area contributed by atoms with Crippen molar-refractivity contribution in [1.82, 2.24) is 0 Å². The van der Waals surface area contributed by atoms with Gasteiger partial charge in [-0.05, 0) is 43.7 Å². The fraction of sp³-hybridized carbons (Fsp3) is 0.571. The van der Waals surface area contributed by atoms with E-state index in [1.807, 2.05) is 0 Å². The Hall–Kier alpha value is -0.820. The van der Waals surface area contributed by atoms with Crippen LogP contribution in [0.2, 0.25) is 0 Å². The van der Waals surface area contributed by atoms with Gasteiger partial charge in [-0.1, -0.05) is 37.6 Å². The van der Waals surface area contributed by atoms with Crippen LogP contribution in [0.1, 0.15) is 49.5 Å². The van der Waals surface area contributed by atoms with Crippen LogP contribution in [0.5, 0.6) is 0 Å². The summed E-state index contributed by atoms with van der Waals surface area (Å²) in [4.78, 5) is 0. The average molecular weight is 206 g/mol. The van der Waals surface area contributed by atoms with Gasteiger partial charge in [0.1, 0.15) is 0 Å². The van der Waals surface area contributed by atoms with Gasteiger partial charge >= 0.3 is 0 Å². The first-order valence-corrected chi connectivity index (χ1v) is 5.76. The minimum atomic E-state index is -0.298. The van der Waals surface area contributed by atoms with E-state index in [0.717, 1.165) is 18.4 Å². The summed E-state index contributed by atoms with van der Waals surface area (Å²) in [5.74, 6) is 0.658. The van der Waals surface area contributed by atoms with E-state index in [-0.39, 0.29) is 6.10 Å². The summed E-state index contributed by atoms with van der Waals surface area (Å²) < 4.78 is 0. The molecule has 1 heteroatoms. The topological polar surface area (TPSA) is 20.2 Å². The molecule has 0 aliphatic rings. The van der Waals surface area contributed by atoms with Crippen molar-refractivity contribution >= 4 is 0 Å². The highest BCUT2D eigenvalue weighted by molar-refractivity contribution is 5.31. The number of aliphatic hydroxyl groups is 1. The van der Waals surface area contributed by atoms with Crippen molar-refractivity contribution in [3.63, 3.8) is 0 Å². The maximum absolute atomic E-state index is 10.0. The van der Waals surface area contributed by atoms with Crippen LogP contribution >= 0.6 is 0 Å². The highest BCUT2D eigenvalue weighted by Crippen LogP contribution is 2.24. The van der Waals surface area contributed by atoms with Crippen LogP contribution in [0.3, 0.4) is 0 Å². The Balaban J connectivity index is 2.69. The molecule has 0 saturated carbocycles. The van der Waals surface area contributed by atoms with Crippen LogP contribution in [0.15, 0.2) is 18.2 Å². The van der Waals surface area contributed by atoms with Gasteiger partial charge in [-0.3, -0.25) is 0 Å². The minimum Gasteiger partial charge on any atom is -0.388 e. The van der Waals surface area contributed by atoms with E-state index < -0.39 is 0 Å². The highest BCUT2D eigenvalue weighted by atomic mass is 16.3.